The molecule has 0 aliphatic carbocycles. The van der Waals surface area contributed by atoms with Gasteiger partial charge in [0.1, 0.15) is 6.54 Å². The van der Waals surface area contributed by atoms with Crippen molar-refractivity contribution in [3.8, 4) is 0 Å². The fourth-order valence-electron chi connectivity index (χ4n) is 1.75. The maximum absolute atomic E-state index is 12.8. The number of hydrogen-bond acceptors (Lipinski definition) is 3. The molecule has 0 saturated carbocycles. The molecule has 1 amide bonds. The molecule has 0 spiro atoms. The zero-order valence-corrected chi connectivity index (χ0v) is 11.4. The maximum atomic E-state index is 12.8. The highest BCUT2D eigenvalue weighted by Crippen LogP contribution is 2.31. The molecule has 5 nitrogen and oxygen atoms in total. The van der Waals surface area contributed by atoms with Gasteiger partial charge in [0, 0.05) is 24.4 Å². The number of alkyl halides is 3. The van der Waals surface area contributed by atoms with Crippen LogP contribution in [0.2, 0.25) is 0 Å². The second-order valence-electron chi connectivity index (χ2n) is 4.75. The van der Waals surface area contributed by atoms with Gasteiger partial charge in [0.2, 0.25) is 5.91 Å². The third-order valence-corrected chi connectivity index (χ3v) is 2.47. The van der Waals surface area contributed by atoms with Crippen LogP contribution in [0.25, 0.3) is 0 Å². The first-order valence-corrected chi connectivity index (χ1v) is 6.27. The Kier molecular flexibility index (Phi) is 5.55. The van der Waals surface area contributed by atoms with Crippen LogP contribution in [0.4, 0.5) is 13.2 Å². The third-order valence-electron chi connectivity index (χ3n) is 2.47. The zero-order valence-electron chi connectivity index (χ0n) is 11.4. The van der Waals surface area contributed by atoms with E-state index in [4.69, 9.17) is 5.11 Å². The summed E-state index contributed by atoms with van der Waals surface area (Å²) in [5, 5.41) is 14.7. The number of halogens is 3. The van der Waals surface area contributed by atoms with E-state index >= 15 is 0 Å². The number of hydrogen-bond donors (Lipinski definition) is 2. The first-order chi connectivity index (χ1) is 9.24. The van der Waals surface area contributed by atoms with Gasteiger partial charge in [-0.05, 0) is 26.7 Å². The molecule has 0 unspecified atom stereocenters. The first kappa shape index (κ1) is 16.5. The molecule has 20 heavy (non-hydrogen) atoms. The molecule has 8 heteroatoms. The van der Waals surface area contributed by atoms with E-state index in [9.17, 15) is 18.0 Å². The van der Waals surface area contributed by atoms with Crippen LogP contribution in [-0.2, 0) is 23.9 Å². The lowest BCUT2D eigenvalue weighted by atomic mass is 10.1. The average Bonchev–Trinajstić information content (AvgIpc) is 2.67. The number of amides is 1. The van der Waals surface area contributed by atoms with Crippen molar-refractivity contribution < 1.29 is 23.1 Å². The lowest BCUT2D eigenvalue weighted by Crippen LogP contribution is -2.33. The second-order valence-corrected chi connectivity index (χ2v) is 4.75. The fourth-order valence-corrected chi connectivity index (χ4v) is 1.75. The van der Waals surface area contributed by atoms with Gasteiger partial charge in [-0.25, -0.2) is 0 Å². The molecule has 0 radical (unpaired) electrons. The van der Waals surface area contributed by atoms with Crippen LogP contribution in [0, 0.1) is 0 Å². The minimum atomic E-state index is -4.56. The Bertz CT molecular complexity index is 455. The maximum Gasteiger partial charge on any atom is 0.435 e. The molecule has 0 bridgehead atoms. The number of carbonyl (C=O) groups excluding carboxylic acids is 1. The summed E-state index contributed by atoms with van der Waals surface area (Å²) in [6.45, 7) is 3.06. The minimum absolute atomic E-state index is 0.0103. The van der Waals surface area contributed by atoms with Crippen LogP contribution >= 0.6 is 0 Å². The van der Waals surface area contributed by atoms with Gasteiger partial charge in [-0.1, -0.05) is 0 Å². The summed E-state index contributed by atoms with van der Waals surface area (Å²) in [7, 11) is 0. The third kappa shape index (κ3) is 4.84. The van der Waals surface area contributed by atoms with Crippen molar-refractivity contribution in [1.29, 1.82) is 0 Å². The summed E-state index contributed by atoms with van der Waals surface area (Å²) in [6.07, 6.45) is -3.08. The molecule has 1 heterocycles. The minimum Gasteiger partial charge on any atom is -0.396 e. The summed E-state index contributed by atoms with van der Waals surface area (Å²) in [5.74, 6) is -0.398. The number of aryl methyl sites for hydroxylation is 1. The number of aliphatic hydroxyl groups is 1. The number of nitrogens with one attached hydrogen (secondary N) is 1. The second kappa shape index (κ2) is 6.74. The van der Waals surface area contributed by atoms with E-state index in [0.29, 0.717) is 0 Å². The van der Waals surface area contributed by atoms with Gasteiger partial charge in [0.15, 0.2) is 5.69 Å². The van der Waals surface area contributed by atoms with Crippen molar-refractivity contribution in [2.75, 3.05) is 6.61 Å². The Morgan fingerprint density at radius 1 is 1.50 bits per heavy atom. The van der Waals surface area contributed by atoms with E-state index in [2.05, 4.69) is 10.4 Å². The van der Waals surface area contributed by atoms with E-state index in [1.165, 1.54) is 6.20 Å². The largest absolute Gasteiger partial charge is 0.435 e. The number of carbonyl (C=O) groups is 1. The highest BCUT2D eigenvalue weighted by atomic mass is 19.4. The Balaban J connectivity index is 2.88. The Labute approximate surface area is 114 Å². The van der Waals surface area contributed by atoms with E-state index in [0.717, 1.165) is 4.68 Å². The smallest absolute Gasteiger partial charge is 0.396 e. The summed E-state index contributed by atoms with van der Waals surface area (Å²) >= 11 is 0. The molecular formula is C12H18F3N3O2. The molecule has 0 aliphatic heterocycles. The van der Waals surface area contributed by atoms with Crippen molar-refractivity contribution >= 4 is 5.91 Å². The molecular weight excluding hydrogens is 275 g/mol. The lowest BCUT2D eigenvalue weighted by molar-refractivity contribution is -0.142. The fraction of sp³-hybridized carbons (Fsp3) is 0.667. The van der Waals surface area contributed by atoms with Crippen molar-refractivity contribution in [3.63, 3.8) is 0 Å². The Morgan fingerprint density at radius 2 is 2.15 bits per heavy atom. The first-order valence-electron chi connectivity index (χ1n) is 6.27. The predicted molar refractivity (Wildman–Crippen MR) is 65.9 cm³/mol. The predicted octanol–water partition coefficient (Wildman–Crippen LogP) is 1.35. The summed E-state index contributed by atoms with van der Waals surface area (Å²) in [6, 6.07) is -0.0889. The van der Waals surface area contributed by atoms with E-state index in [1.54, 1.807) is 13.8 Å². The Hall–Kier alpha value is -1.57. The van der Waals surface area contributed by atoms with Gasteiger partial charge in [0.05, 0.1) is 0 Å². The average molecular weight is 293 g/mol. The van der Waals surface area contributed by atoms with E-state index in [-0.39, 0.29) is 37.6 Å². The SMILES string of the molecule is CC(C)NC(=O)Cn1cc(CCCO)c(C(F)(F)F)n1. The van der Waals surface area contributed by atoms with Gasteiger partial charge in [-0.3, -0.25) is 9.48 Å². The van der Waals surface area contributed by atoms with Crippen LogP contribution in [0.1, 0.15) is 31.5 Å². The van der Waals surface area contributed by atoms with Gasteiger partial charge >= 0.3 is 6.18 Å². The topological polar surface area (TPSA) is 67.2 Å². The van der Waals surface area contributed by atoms with Crippen molar-refractivity contribution in [1.82, 2.24) is 15.1 Å². The number of aliphatic hydroxyl groups excluding tert-OH is 1. The molecule has 0 fully saturated rings. The summed E-state index contributed by atoms with van der Waals surface area (Å²) in [4.78, 5) is 11.5. The summed E-state index contributed by atoms with van der Waals surface area (Å²) in [5.41, 5.74) is -1.01. The molecule has 0 saturated heterocycles. The van der Waals surface area contributed by atoms with Crippen LogP contribution in [-0.4, -0.2) is 33.4 Å². The highest BCUT2D eigenvalue weighted by molar-refractivity contribution is 5.75. The zero-order chi connectivity index (χ0) is 15.3. The van der Waals surface area contributed by atoms with Gasteiger partial charge < -0.3 is 10.4 Å². The van der Waals surface area contributed by atoms with Crippen LogP contribution in [0.5, 0.6) is 0 Å². The molecule has 114 valence electrons. The molecule has 2 N–H and O–H groups in total. The molecule has 0 aliphatic rings. The molecule has 1 aromatic heterocycles. The monoisotopic (exact) mass is 293 g/mol. The number of nitrogens with zero attached hydrogens (tertiary/aromatic N) is 2. The quantitative estimate of drug-likeness (QED) is 0.832. The Morgan fingerprint density at radius 3 is 2.65 bits per heavy atom. The van der Waals surface area contributed by atoms with Crippen molar-refractivity contribution in [2.45, 2.75) is 45.5 Å². The molecule has 0 aromatic carbocycles. The normalized spacial score (nSPS) is 11.9. The van der Waals surface area contributed by atoms with Gasteiger partial charge in [0.25, 0.3) is 0 Å². The number of aromatic nitrogens is 2. The van der Waals surface area contributed by atoms with Crippen LogP contribution in [0.3, 0.4) is 0 Å². The van der Waals surface area contributed by atoms with Crippen molar-refractivity contribution in [3.05, 3.63) is 17.5 Å². The molecule has 1 rings (SSSR count). The van der Waals surface area contributed by atoms with Crippen LogP contribution < -0.4 is 5.32 Å². The molecule has 1 aromatic rings. The van der Waals surface area contributed by atoms with Crippen molar-refractivity contribution in [2.24, 2.45) is 0 Å². The van der Waals surface area contributed by atoms with Gasteiger partial charge in [-0.15, -0.1) is 0 Å². The van der Waals surface area contributed by atoms with E-state index < -0.39 is 17.8 Å². The highest BCUT2D eigenvalue weighted by Gasteiger charge is 2.36. The van der Waals surface area contributed by atoms with Gasteiger partial charge in [-0.2, -0.15) is 18.3 Å². The lowest BCUT2D eigenvalue weighted by Gasteiger charge is -2.08. The summed E-state index contributed by atoms with van der Waals surface area (Å²) < 4.78 is 39.4. The molecule has 0 atom stereocenters. The van der Waals surface area contributed by atoms with E-state index in [1.807, 2.05) is 0 Å². The van der Waals surface area contributed by atoms with Crippen LogP contribution in [0.15, 0.2) is 6.20 Å². The standard InChI is InChI=1S/C12H18F3N3O2/c1-8(2)16-10(20)7-18-6-9(4-3-5-19)11(17-18)12(13,14)15/h6,8,19H,3-5,7H2,1-2H3,(H,16,20). The number of rotatable bonds is 6.